The van der Waals surface area contributed by atoms with E-state index in [-0.39, 0.29) is 22.3 Å². The Labute approximate surface area is 153 Å². The lowest BCUT2D eigenvalue weighted by atomic mass is 10.2. The van der Waals surface area contributed by atoms with E-state index in [1.807, 2.05) is 4.90 Å². The van der Waals surface area contributed by atoms with E-state index in [0.29, 0.717) is 32.0 Å². The predicted octanol–water partition coefficient (Wildman–Crippen LogP) is -0.0835. The third-order valence-electron chi connectivity index (χ3n) is 4.69. The van der Waals surface area contributed by atoms with Crippen LogP contribution in [-0.2, 0) is 29.2 Å². The monoisotopic (exact) mass is 402 g/mol. The van der Waals surface area contributed by atoms with Gasteiger partial charge in [0.1, 0.15) is 0 Å². The molecule has 1 aromatic carbocycles. The number of sulfone groups is 2. The summed E-state index contributed by atoms with van der Waals surface area (Å²) in [5, 5.41) is 1.57. The van der Waals surface area contributed by atoms with Crippen LogP contribution in [0, 0.1) is 0 Å². The molecule has 2 heterocycles. The molecule has 2 aliphatic rings. The van der Waals surface area contributed by atoms with Gasteiger partial charge in [-0.2, -0.15) is 0 Å². The standard InChI is InChI=1S/C16H22N2O6S2/c1-12(19)17-13-2-4-14(5-3-13)26(22,23)16-11-25(20,21)10-15(16)18-6-8-24-9-7-18/h2-5,15-16H,6-11H2,1H3,(H,17,19). The zero-order chi connectivity index (χ0) is 18.9. The average Bonchev–Trinajstić information content (AvgIpc) is 2.92. The maximum absolute atomic E-state index is 13.1. The third-order valence-corrected chi connectivity index (χ3v) is 8.82. The molecule has 144 valence electrons. The lowest BCUT2D eigenvalue weighted by molar-refractivity contribution is -0.114. The van der Waals surface area contributed by atoms with Crippen LogP contribution in [-0.4, -0.2) is 76.7 Å². The van der Waals surface area contributed by atoms with E-state index in [1.165, 1.54) is 31.2 Å². The van der Waals surface area contributed by atoms with Crippen molar-refractivity contribution in [3.63, 3.8) is 0 Å². The van der Waals surface area contributed by atoms with Crippen molar-refractivity contribution in [1.82, 2.24) is 4.90 Å². The predicted molar refractivity (Wildman–Crippen MR) is 96.6 cm³/mol. The van der Waals surface area contributed by atoms with Crippen LogP contribution in [0.4, 0.5) is 5.69 Å². The summed E-state index contributed by atoms with van der Waals surface area (Å²) in [5.74, 6) is -0.777. The SMILES string of the molecule is CC(=O)Nc1ccc(S(=O)(=O)C2CS(=O)(=O)CC2N2CCOCC2)cc1. The molecule has 2 fully saturated rings. The molecule has 0 spiro atoms. The molecule has 2 aliphatic heterocycles. The van der Waals surface area contributed by atoms with Gasteiger partial charge in [0.25, 0.3) is 0 Å². The summed E-state index contributed by atoms with van der Waals surface area (Å²) < 4.78 is 55.8. The van der Waals surface area contributed by atoms with Crippen molar-refractivity contribution in [3.05, 3.63) is 24.3 Å². The number of anilines is 1. The smallest absolute Gasteiger partial charge is 0.221 e. The molecule has 8 nitrogen and oxygen atoms in total. The van der Waals surface area contributed by atoms with Crippen LogP contribution in [0.15, 0.2) is 29.2 Å². The fourth-order valence-corrected chi connectivity index (χ4v) is 8.28. The minimum absolute atomic E-state index is 0.0620. The van der Waals surface area contributed by atoms with Crippen LogP contribution in [0.25, 0.3) is 0 Å². The molecule has 2 atom stereocenters. The van der Waals surface area contributed by atoms with E-state index < -0.39 is 31.0 Å². The molecule has 2 saturated heterocycles. The highest BCUT2D eigenvalue weighted by Gasteiger charge is 2.48. The number of rotatable bonds is 4. The number of amides is 1. The summed E-state index contributed by atoms with van der Waals surface area (Å²) in [6.45, 7) is 3.34. The molecular formula is C16H22N2O6S2. The summed E-state index contributed by atoms with van der Waals surface area (Å²) in [6, 6.07) is 5.25. The number of nitrogens with zero attached hydrogens (tertiary/aromatic N) is 1. The van der Waals surface area contributed by atoms with Crippen LogP contribution in [0.1, 0.15) is 6.92 Å². The molecule has 0 aliphatic carbocycles. The Morgan fingerprint density at radius 1 is 1.15 bits per heavy atom. The Morgan fingerprint density at radius 2 is 1.77 bits per heavy atom. The van der Waals surface area contributed by atoms with Crippen LogP contribution >= 0.6 is 0 Å². The maximum Gasteiger partial charge on any atom is 0.221 e. The van der Waals surface area contributed by atoms with Crippen molar-refractivity contribution < 1.29 is 26.4 Å². The van der Waals surface area contributed by atoms with Crippen molar-refractivity contribution in [2.24, 2.45) is 0 Å². The number of carbonyl (C=O) groups is 1. The lowest BCUT2D eigenvalue weighted by Gasteiger charge is -2.34. The molecule has 1 amide bonds. The quantitative estimate of drug-likeness (QED) is 0.750. The first-order chi connectivity index (χ1) is 12.2. The van der Waals surface area contributed by atoms with Crippen molar-refractivity contribution >= 4 is 31.3 Å². The summed E-state index contributed by atoms with van der Waals surface area (Å²) >= 11 is 0. The third kappa shape index (κ3) is 4.08. The summed E-state index contributed by atoms with van der Waals surface area (Å²) in [4.78, 5) is 13.0. The van der Waals surface area contributed by atoms with E-state index in [0.717, 1.165) is 0 Å². The second-order valence-electron chi connectivity index (χ2n) is 6.58. The van der Waals surface area contributed by atoms with Gasteiger partial charge in [-0.15, -0.1) is 0 Å². The first-order valence-electron chi connectivity index (χ1n) is 8.33. The number of carbonyl (C=O) groups excluding carboxylic acids is 1. The van der Waals surface area contributed by atoms with Crippen LogP contribution in [0.5, 0.6) is 0 Å². The zero-order valence-corrected chi connectivity index (χ0v) is 16.1. The highest BCUT2D eigenvalue weighted by molar-refractivity contribution is 7.96. The number of ether oxygens (including phenoxy) is 1. The number of morpholine rings is 1. The van der Waals surface area contributed by atoms with Gasteiger partial charge < -0.3 is 10.1 Å². The van der Waals surface area contributed by atoms with Gasteiger partial charge in [-0.25, -0.2) is 16.8 Å². The minimum Gasteiger partial charge on any atom is -0.379 e. The summed E-state index contributed by atoms with van der Waals surface area (Å²) in [7, 11) is -7.26. The van der Waals surface area contributed by atoms with Gasteiger partial charge in [-0.3, -0.25) is 9.69 Å². The van der Waals surface area contributed by atoms with E-state index >= 15 is 0 Å². The van der Waals surface area contributed by atoms with E-state index in [2.05, 4.69) is 5.32 Å². The molecule has 0 saturated carbocycles. The Balaban J connectivity index is 1.89. The maximum atomic E-state index is 13.1. The van der Waals surface area contributed by atoms with E-state index in [1.54, 1.807) is 0 Å². The lowest BCUT2D eigenvalue weighted by Crippen LogP contribution is -2.50. The Bertz CT molecular complexity index is 874. The minimum atomic E-state index is -3.83. The van der Waals surface area contributed by atoms with Crippen molar-refractivity contribution in [2.75, 3.05) is 43.1 Å². The highest BCUT2D eigenvalue weighted by Crippen LogP contribution is 2.30. The van der Waals surface area contributed by atoms with Gasteiger partial charge in [0.2, 0.25) is 5.91 Å². The van der Waals surface area contributed by atoms with Gasteiger partial charge >= 0.3 is 0 Å². The number of nitrogens with one attached hydrogen (secondary N) is 1. The van der Waals surface area contributed by atoms with Crippen LogP contribution < -0.4 is 5.32 Å². The van der Waals surface area contributed by atoms with E-state index in [4.69, 9.17) is 4.74 Å². The Hall–Kier alpha value is -1.49. The fraction of sp³-hybridized carbons (Fsp3) is 0.562. The molecule has 0 aromatic heterocycles. The van der Waals surface area contributed by atoms with Gasteiger partial charge in [0.15, 0.2) is 19.7 Å². The highest BCUT2D eigenvalue weighted by atomic mass is 32.2. The fourth-order valence-electron chi connectivity index (χ4n) is 3.45. The van der Waals surface area contributed by atoms with Gasteiger partial charge in [-0.1, -0.05) is 0 Å². The normalized spacial score (nSPS) is 26.5. The topological polar surface area (TPSA) is 110 Å². The summed E-state index contributed by atoms with van der Waals surface area (Å²) in [5.41, 5.74) is 0.486. The number of hydrogen-bond donors (Lipinski definition) is 1. The second-order valence-corrected chi connectivity index (χ2v) is 10.9. The summed E-state index contributed by atoms with van der Waals surface area (Å²) in [6.07, 6.45) is 0. The first kappa shape index (κ1) is 19.3. The van der Waals surface area contributed by atoms with Gasteiger partial charge in [-0.05, 0) is 24.3 Å². The molecule has 1 N–H and O–H groups in total. The van der Waals surface area contributed by atoms with Crippen molar-refractivity contribution in [3.8, 4) is 0 Å². The van der Waals surface area contributed by atoms with E-state index in [9.17, 15) is 21.6 Å². The molecule has 3 rings (SSSR count). The molecule has 0 radical (unpaired) electrons. The Kier molecular flexibility index (Phi) is 5.38. The molecular weight excluding hydrogens is 380 g/mol. The van der Waals surface area contributed by atoms with Gasteiger partial charge in [0, 0.05) is 31.7 Å². The Morgan fingerprint density at radius 3 is 2.35 bits per heavy atom. The number of hydrogen-bond acceptors (Lipinski definition) is 7. The molecule has 26 heavy (non-hydrogen) atoms. The van der Waals surface area contributed by atoms with Crippen LogP contribution in [0.2, 0.25) is 0 Å². The first-order valence-corrected chi connectivity index (χ1v) is 11.7. The largest absolute Gasteiger partial charge is 0.379 e. The molecule has 1 aromatic rings. The zero-order valence-electron chi connectivity index (χ0n) is 14.4. The number of benzene rings is 1. The second kappa shape index (κ2) is 7.26. The molecule has 10 heteroatoms. The average molecular weight is 402 g/mol. The molecule has 2 unspecified atom stereocenters. The molecule has 0 bridgehead atoms. The van der Waals surface area contributed by atoms with Crippen LogP contribution in [0.3, 0.4) is 0 Å². The van der Waals surface area contributed by atoms with Crippen molar-refractivity contribution in [2.45, 2.75) is 23.1 Å². The van der Waals surface area contributed by atoms with Crippen molar-refractivity contribution in [1.29, 1.82) is 0 Å². The van der Waals surface area contributed by atoms with Gasteiger partial charge in [0.05, 0.1) is 34.9 Å².